The van der Waals surface area contributed by atoms with Crippen molar-refractivity contribution in [2.24, 2.45) is 5.92 Å². The zero-order valence-electron chi connectivity index (χ0n) is 8.35. The minimum Gasteiger partial charge on any atom is -0.477 e. The van der Waals surface area contributed by atoms with Crippen molar-refractivity contribution >= 4 is 17.3 Å². The van der Waals surface area contributed by atoms with E-state index in [2.05, 4.69) is 4.98 Å². The summed E-state index contributed by atoms with van der Waals surface area (Å²) in [6.07, 6.45) is 1.25. The zero-order chi connectivity index (χ0) is 10.7. The van der Waals surface area contributed by atoms with E-state index in [0.717, 1.165) is 5.01 Å². The van der Waals surface area contributed by atoms with Crippen LogP contribution in [0.5, 0.6) is 0 Å². The maximum absolute atomic E-state index is 10.6. The Bertz CT molecular complexity index is 322. The molecule has 0 saturated carbocycles. The summed E-state index contributed by atoms with van der Waals surface area (Å²) in [6.45, 7) is 4.02. The van der Waals surface area contributed by atoms with Gasteiger partial charge in [0.15, 0.2) is 0 Å². The predicted molar refractivity (Wildman–Crippen MR) is 53.7 cm³/mol. The van der Waals surface area contributed by atoms with Gasteiger partial charge in [0.1, 0.15) is 16.0 Å². The van der Waals surface area contributed by atoms with Gasteiger partial charge in [0.25, 0.3) is 0 Å². The van der Waals surface area contributed by atoms with E-state index in [0.29, 0.717) is 0 Å². The predicted octanol–water partition coefficient (Wildman–Crippen LogP) is 2.18. The topological polar surface area (TPSA) is 59.4 Å². The van der Waals surface area contributed by atoms with Gasteiger partial charge in [-0.1, -0.05) is 13.8 Å². The summed E-state index contributed by atoms with van der Waals surface area (Å²) in [6, 6.07) is 0. The highest BCUT2D eigenvalue weighted by Gasteiger charge is 2.20. The van der Waals surface area contributed by atoms with E-state index < -0.39 is 5.97 Å². The molecule has 5 heteroatoms. The number of methoxy groups -OCH3 is 1. The van der Waals surface area contributed by atoms with Crippen LogP contribution in [0.1, 0.15) is 34.6 Å². The molecule has 0 fully saturated rings. The number of carboxylic acids is 1. The number of thiazole rings is 1. The van der Waals surface area contributed by atoms with Gasteiger partial charge in [-0.05, 0) is 5.92 Å². The number of carboxylic acid groups (broad SMARTS) is 1. The number of hydrogen-bond donors (Lipinski definition) is 1. The molecule has 1 atom stereocenters. The van der Waals surface area contributed by atoms with Gasteiger partial charge in [0, 0.05) is 7.11 Å². The number of ether oxygens (including phenoxy) is 1. The normalized spacial score (nSPS) is 13.1. The number of carbonyl (C=O) groups is 1. The lowest BCUT2D eigenvalue weighted by atomic mass is 10.1. The Morgan fingerprint density at radius 1 is 1.64 bits per heavy atom. The fourth-order valence-corrected chi connectivity index (χ4v) is 2.18. The number of hydrogen-bond acceptors (Lipinski definition) is 4. The van der Waals surface area contributed by atoms with Gasteiger partial charge >= 0.3 is 5.97 Å². The summed E-state index contributed by atoms with van der Waals surface area (Å²) in [5.41, 5.74) is 0. The first-order chi connectivity index (χ1) is 6.56. The Morgan fingerprint density at radius 3 is 2.64 bits per heavy atom. The van der Waals surface area contributed by atoms with Crippen LogP contribution in [-0.2, 0) is 4.74 Å². The van der Waals surface area contributed by atoms with E-state index in [1.165, 1.54) is 17.5 Å². The van der Waals surface area contributed by atoms with E-state index >= 15 is 0 Å². The summed E-state index contributed by atoms with van der Waals surface area (Å²) in [5.74, 6) is -0.653. The lowest BCUT2D eigenvalue weighted by molar-refractivity contribution is 0.0644. The SMILES string of the molecule is COC(c1ncc(C(=O)O)s1)C(C)C. The number of rotatable bonds is 4. The van der Waals surface area contributed by atoms with Gasteiger partial charge in [-0.2, -0.15) is 0 Å². The Morgan fingerprint density at radius 2 is 2.29 bits per heavy atom. The fourth-order valence-electron chi connectivity index (χ4n) is 1.18. The van der Waals surface area contributed by atoms with Crippen molar-refractivity contribution in [3.05, 3.63) is 16.1 Å². The van der Waals surface area contributed by atoms with Gasteiger partial charge in [-0.3, -0.25) is 0 Å². The zero-order valence-corrected chi connectivity index (χ0v) is 9.17. The molecule has 1 aromatic heterocycles. The molecule has 1 rings (SSSR count). The molecule has 4 nitrogen and oxygen atoms in total. The first-order valence-corrected chi connectivity index (χ1v) is 5.09. The number of nitrogens with zero attached hydrogens (tertiary/aromatic N) is 1. The molecule has 1 heterocycles. The third kappa shape index (κ3) is 2.30. The summed E-state index contributed by atoms with van der Waals surface area (Å²) < 4.78 is 5.25. The Balaban J connectivity index is 2.89. The summed E-state index contributed by atoms with van der Waals surface area (Å²) >= 11 is 1.17. The third-order valence-corrected chi connectivity index (χ3v) is 2.88. The van der Waals surface area contributed by atoms with Crippen molar-refractivity contribution < 1.29 is 14.6 Å². The standard InChI is InChI=1S/C9H13NO3S/c1-5(2)7(13-3)8-10-4-6(14-8)9(11)12/h4-5,7H,1-3H3,(H,11,12). The van der Waals surface area contributed by atoms with Crippen LogP contribution >= 0.6 is 11.3 Å². The maximum atomic E-state index is 10.6. The largest absolute Gasteiger partial charge is 0.477 e. The molecule has 0 spiro atoms. The molecule has 0 aliphatic heterocycles. The molecule has 0 aliphatic carbocycles. The van der Waals surface area contributed by atoms with E-state index in [1.54, 1.807) is 7.11 Å². The van der Waals surface area contributed by atoms with Crippen LogP contribution in [0.2, 0.25) is 0 Å². The van der Waals surface area contributed by atoms with Crippen molar-refractivity contribution in [1.29, 1.82) is 0 Å². The molecule has 1 unspecified atom stereocenters. The molecule has 0 amide bonds. The highest BCUT2D eigenvalue weighted by Crippen LogP contribution is 2.28. The molecule has 14 heavy (non-hydrogen) atoms. The van der Waals surface area contributed by atoms with Gasteiger partial charge in [0.05, 0.1) is 6.20 Å². The summed E-state index contributed by atoms with van der Waals surface area (Å²) in [4.78, 5) is 14.9. The summed E-state index contributed by atoms with van der Waals surface area (Å²) in [7, 11) is 1.60. The minimum absolute atomic E-state index is 0.118. The van der Waals surface area contributed by atoms with Crippen molar-refractivity contribution in [2.75, 3.05) is 7.11 Å². The molecule has 1 N–H and O–H groups in total. The molecule has 0 aromatic carbocycles. The van der Waals surface area contributed by atoms with Gasteiger partial charge in [0.2, 0.25) is 0 Å². The second-order valence-electron chi connectivity index (χ2n) is 3.27. The van der Waals surface area contributed by atoms with Crippen LogP contribution in [0.25, 0.3) is 0 Å². The highest BCUT2D eigenvalue weighted by molar-refractivity contribution is 7.13. The van der Waals surface area contributed by atoms with Crippen molar-refractivity contribution in [1.82, 2.24) is 4.98 Å². The van der Waals surface area contributed by atoms with E-state index in [9.17, 15) is 4.79 Å². The van der Waals surface area contributed by atoms with Crippen LogP contribution in [0, 0.1) is 5.92 Å². The van der Waals surface area contributed by atoms with Crippen LogP contribution in [-0.4, -0.2) is 23.2 Å². The first kappa shape index (κ1) is 11.1. The smallest absolute Gasteiger partial charge is 0.347 e. The van der Waals surface area contributed by atoms with Crippen LogP contribution in [0.15, 0.2) is 6.20 Å². The molecular formula is C9H13NO3S. The second-order valence-corrected chi connectivity index (χ2v) is 4.33. The minimum atomic E-state index is -0.938. The highest BCUT2D eigenvalue weighted by atomic mass is 32.1. The van der Waals surface area contributed by atoms with Crippen LogP contribution in [0.3, 0.4) is 0 Å². The number of aromatic nitrogens is 1. The molecule has 0 bridgehead atoms. The molecule has 78 valence electrons. The quantitative estimate of drug-likeness (QED) is 0.836. The average molecular weight is 215 g/mol. The Kier molecular flexibility index (Phi) is 3.60. The van der Waals surface area contributed by atoms with Crippen molar-refractivity contribution in [3.63, 3.8) is 0 Å². The maximum Gasteiger partial charge on any atom is 0.347 e. The van der Waals surface area contributed by atoms with Gasteiger partial charge < -0.3 is 9.84 Å². The monoisotopic (exact) mass is 215 g/mol. The number of aromatic carboxylic acids is 1. The molecule has 0 saturated heterocycles. The van der Waals surface area contributed by atoms with Crippen molar-refractivity contribution in [3.8, 4) is 0 Å². The van der Waals surface area contributed by atoms with Gasteiger partial charge in [-0.25, -0.2) is 9.78 Å². The average Bonchev–Trinajstić information content (AvgIpc) is 2.53. The van der Waals surface area contributed by atoms with Crippen LogP contribution in [0.4, 0.5) is 0 Å². The second kappa shape index (κ2) is 4.52. The van der Waals surface area contributed by atoms with Crippen molar-refractivity contribution in [2.45, 2.75) is 20.0 Å². The fraction of sp³-hybridized carbons (Fsp3) is 0.556. The first-order valence-electron chi connectivity index (χ1n) is 4.28. The summed E-state index contributed by atoms with van der Waals surface area (Å²) in [5, 5.41) is 9.44. The third-order valence-electron chi connectivity index (χ3n) is 1.84. The molecule has 0 radical (unpaired) electrons. The Hall–Kier alpha value is -0.940. The van der Waals surface area contributed by atoms with E-state index in [-0.39, 0.29) is 16.9 Å². The molecule has 1 aromatic rings. The van der Waals surface area contributed by atoms with Crippen LogP contribution < -0.4 is 0 Å². The van der Waals surface area contributed by atoms with Gasteiger partial charge in [-0.15, -0.1) is 11.3 Å². The molecular weight excluding hydrogens is 202 g/mol. The van der Waals surface area contributed by atoms with E-state index in [4.69, 9.17) is 9.84 Å². The molecule has 0 aliphatic rings. The Labute approximate surface area is 86.6 Å². The van der Waals surface area contributed by atoms with E-state index in [1.807, 2.05) is 13.8 Å². The lowest BCUT2D eigenvalue weighted by Crippen LogP contribution is -2.08. The lowest BCUT2D eigenvalue weighted by Gasteiger charge is -2.15.